The van der Waals surface area contributed by atoms with Gasteiger partial charge in [0, 0.05) is 23.2 Å². The van der Waals surface area contributed by atoms with Gasteiger partial charge in [0.25, 0.3) is 11.6 Å². The molecule has 0 aliphatic carbocycles. The van der Waals surface area contributed by atoms with Crippen LogP contribution < -0.4 is 0 Å². The average Bonchev–Trinajstić information content (AvgIpc) is 3.16. The zero-order valence-corrected chi connectivity index (χ0v) is 16.3. The number of rotatable bonds is 7. The molecule has 0 saturated carbocycles. The van der Waals surface area contributed by atoms with Gasteiger partial charge in [-0.25, -0.2) is 0 Å². The molecule has 0 unspecified atom stereocenters. The van der Waals surface area contributed by atoms with Crippen LogP contribution in [0.5, 0.6) is 0 Å². The second-order valence-corrected chi connectivity index (χ2v) is 6.71. The van der Waals surface area contributed by atoms with Crippen molar-refractivity contribution in [3.8, 4) is 11.4 Å². The van der Waals surface area contributed by atoms with Gasteiger partial charge in [-0.05, 0) is 19.1 Å². The van der Waals surface area contributed by atoms with E-state index >= 15 is 0 Å². The van der Waals surface area contributed by atoms with Crippen molar-refractivity contribution in [2.75, 3.05) is 6.54 Å². The second-order valence-electron chi connectivity index (χ2n) is 6.27. The molecule has 0 aliphatic heterocycles. The van der Waals surface area contributed by atoms with Crippen LogP contribution in [0.25, 0.3) is 11.4 Å². The Morgan fingerprint density at radius 3 is 2.69 bits per heavy atom. The molecule has 148 valence electrons. The number of benzene rings is 2. The van der Waals surface area contributed by atoms with Crippen LogP contribution in [0.1, 0.15) is 21.8 Å². The number of carbonyl (C=O) groups excluding carboxylic acids is 1. The molecule has 1 heterocycles. The number of nitro groups is 1. The van der Waals surface area contributed by atoms with E-state index in [0.717, 1.165) is 17.2 Å². The molecule has 1 amide bonds. The van der Waals surface area contributed by atoms with E-state index < -0.39 is 10.8 Å². The normalized spacial score (nSPS) is 10.6. The number of halogens is 1. The topological polar surface area (TPSA) is 102 Å². The van der Waals surface area contributed by atoms with Crippen LogP contribution in [0.3, 0.4) is 0 Å². The summed E-state index contributed by atoms with van der Waals surface area (Å²) in [6.07, 6.45) is 1.51. The Bertz CT molecular complexity index is 1060. The molecule has 0 bridgehead atoms. The fourth-order valence-corrected chi connectivity index (χ4v) is 2.85. The second kappa shape index (κ2) is 8.66. The summed E-state index contributed by atoms with van der Waals surface area (Å²) in [5.41, 5.74) is 1.42. The van der Waals surface area contributed by atoms with Crippen molar-refractivity contribution in [2.45, 2.75) is 13.5 Å². The van der Waals surface area contributed by atoms with Gasteiger partial charge in [-0.15, -0.1) is 6.58 Å². The van der Waals surface area contributed by atoms with Gasteiger partial charge in [0.1, 0.15) is 12.1 Å². The lowest BCUT2D eigenvalue weighted by Gasteiger charge is -2.19. The fraction of sp³-hybridized carbons (Fsp3) is 0.150. The largest absolute Gasteiger partial charge is 0.337 e. The molecule has 3 aromatic rings. The highest BCUT2D eigenvalue weighted by Crippen LogP contribution is 2.25. The zero-order chi connectivity index (χ0) is 21.0. The van der Waals surface area contributed by atoms with Crippen molar-refractivity contribution in [2.24, 2.45) is 0 Å². The number of amides is 1. The first kappa shape index (κ1) is 20.2. The standard InChI is InChI=1S/C20H17ClN4O4/c1-3-10-24(20(26)16-9-8-15(21)11-17(16)25(27)28)12-18-22-19(23-29-18)14-6-4-13(2)5-7-14/h3-9,11H,1,10,12H2,2H3. The summed E-state index contributed by atoms with van der Waals surface area (Å²) in [7, 11) is 0. The predicted octanol–water partition coefficient (Wildman–Crippen LogP) is 4.44. The smallest absolute Gasteiger partial charge is 0.283 e. The van der Waals surface area contributed by atoms with Crippen LogP contribution in [-0.2, 0) is 6.54 Å². The lowest BCUT2D eigenvalue weighted by molar-refractivity contribution is -0.385. The number of hydrogen-bond acceptors (Lipinski definition) is 6. The molecule has 0 aliphatic rings. The molecule has 2 aromatic carbocycles. The molecule has 8 nitrogen and oxygen atoms in total. The summed E-state index contributed by atoms with van der Waals surface area (Å²) in [5.74, 6) is 0.0271. The zero-order valence-electron chi connectivity index (χ0n) is 15.5. The molecule has 9 heteroatoms. The van der Waals surface area contributed by atoms with E-state index in [1.54, 1.807) is 0 Å². The van der Waals surface area contributed by atoms with E-state index in [2.05, 4.69) is 16.7 Å². The highest BCUT2D eigenvalue weighted by Gasteiger charge is 2.26. The Balaban J connectivity index is 1.86. The molecule has 0 saturated heterocycles. The minimum absolute atomic E-state index is 0.0243. The van der Waals surface area contributed by atoms with E-state index in [0.29, 0.717) is 5.82 Å². The van der Waals surface area contributed by atoms with Crippen LogP contribution in [0.15, 0.2) is 59.6 Å². The Morgan fingerprint density at radius 2 is 2.03 bits per heavy atom. The fourth-order valence-electron chi connectivity index (χ4n) is 2.68. The molecule has 0 N–H and O–H groups in total. The molecule has 3 rings (SSSR count). The maximum atomic E-state index is 12.9. The van der Waals surface area contributed by atoms with Gasteiger partial charge in [-0.2, -0.15) is 4.98 Å². The van der Waals surface area contributed by atoms with Gasteiger partial charge in [-0.3, -0.25) is 14.9 Å². The van der Waals surface area contributed by atoms with E-state index in [1.165, 1.54) is 23.1 Å². The van der Waals surface area contributed by atoms with Crippen molar-refractivity contribution in [1.29, 1.82) is 0 Å². The number of aromatic nitrogens is 2. The van der Waals surface area contributed by atoms with Gasteiger partial charge >= 0.3 is 0 Å². The van der Waals surface area contributed by atoms with Crippen molar-refractivity contribution in [3.63, 3.8) is 0 Å². The molecule has 0 fully saturated rings. The average molecular weight is 413 g/mol. The summed E-state index contributed by atoms with van der Waals surface area (Å²) in [5, 5.41) is 15.4. The van der Waals surface area contributed by atoms with Gasteiger partial charge in [0.05, 0.1) is 4.92 Å². The van der Waals surface area contributed by atoms with Gasteiger partial charge in [0.15, 0.2) is 0 Å². The van der Waals surface area contributed by atoms with Crippen LogP contribution in [0, 0.1) is 17.0 Å². The lowest BCUT2D eigenvalue weighted by Crippen LogP contribution is -2.31. The van der Waals surface area contributed by atoms with E-state index in [4.69, 9.17) is 16.1 Å². The Hall–Kier alpha value is -3.52. The van der Waals surface area contributed by atoms with Crippen molar-refractivity contribution < 1.29 is 14.2 Å². The van der Waals surface area contributed by atoms with Crippen molar-refractivity contribution in [1.82, 2.24) is 15.0 Å². The van der Waals surface area contributed by atoms with E-state index in [-0.39, 0.29) is 35.3 Å². The summed E-state index contributed by atoms with van der Waals surface area (Å²) < 4.78 is 5.26. The maximum absolute atomic E-state index is 12.9. The first-order valence-corrected chi connectivity index (χ1v) is 9.00. The summed E-state index contributed by atoms with van der Waals surface area (Å²) in [6.45, 7) is 5.72. The molecule has 0 radical (unpaired) electrons. The minimum atomic E-state index is -0.645. The molecule has 0 atom stereocenters. The molecule has 1 aromatic heterocycles. The minimum Gasteiger partial charge on any atom is -0.337 e. The third kappa shape index (κ3) is 4.67. The Morgan fingerprint density at radius 1 is 1.31 bits per heavy atom. The Kier molecular flexibility index (Phi) is 6.04. The van der Waals surface area contributed by atoms with Gasteiger partial charge in [-0.1, -0.05) is 52.7 Å². The van der Waals surface area contributed by atoms with Crippen LogP contribution in [0.4, 0.5) is 5.69 Å². The number of nitro benzene ring substituents is 1. The molecular weight excluding hydrogens is 396 g/mol. The molecule has 0 spiro atoms. The lowest BCUT2D eigenvalue weighted by atomic mass is 10.1. The summed E-state index contributed by atoms with van der Waals surface area (Å²) >= 11 is 5.83. The van der Waals surface area contributed by atoms with Crippen LogP contribution in [0.2, 0.25) is 5.02 Å². The monoisotopic (exact) mass is 412 g/mol. The predicted molar refractivity (Wildman–Crippen MR) is 108 cm³/mol. The SMILES string of the molecule is C=CCN(Cc1nc(-c2ccc(C)cc2)no1)C(=O)c1ccc(Cl)cc1[N+](=O)[O-]. The van der Waals surface area contributed by atoms with Crippen molar-refractivity contribution >= 4 is 23.2 Å². The van der Waals surface area contributed by atoms with Gasteiger partial charge < -0.3 is 9.42 Å². The third-order valence-corrected chi connectivity index (χ3v) is 4.36. The first-order chi connectivity index (χ1) is 13.9. The number of nitrogens with zero attached hydrogens (tertiary/aromatic N) is 4. The Labute approximate surface area is 171 Å². The number of hydrogen-bond donors (Lipinski definition) is 0. The summed E-state index contributed by atoms with van der Waals surface area (Å²) in [4.78, 5) is 29.2. The highest BCUT2D eigenvalue weighted by atomic mass is 35.5. The van der Waals surface area contributed by atoms with Crippen LogP contribution in [-0.4, -0.2) is 32.4 Å². The first-order valence-electron chi connectivity index (χ1n) is 8.62. The third-order valence-electron chi connectivity index (χ3n) is 4.13. The quantitative estimate of drug-likeness (QED) is 0.323. The van der Waals surface area contributed by atoms with Crippen LogP contribution >= 0.6 is 11.6 Å². The van der Waals surface area contributed by atoms with Crippen molar-refractivity contribution in [3.05, 3.63) is 87.3 Å². The molecular formula is C20H17ClN4O4. The number of aryl methyl sites for hydroxylation is 1. The molecule has 29 heavy (non-hydrogen) atoms. The highest BCUT2D eigenvalue weighted by molar-refractivity contribution is 6.31. The van der Waals surface area contributed by atoms with E-state index in [1.807, 2.05) is 31.2 Å². The maximum Gasteiger partial charge on any atom is 0.283 e. The summed E-state index contributed by atoms with van der Waals surface area (Å²) in [6, 6.07) is 11.5. The van der Waals surface area contributed by atoms with Gasteiger partial charge in [0.2, 0.25) is 11.7 Å². The van der Waals surface area contributed by atoms with E-state index in [9.17, 15) is 14.9 Å². The number of carbonyl (C=O) groups is 1.